The number of amides is 2. The second-order valence-corrected chi connectivity index (χ2v) is 10.1. The van der Waals surface area contributed by atoms with E-state index >= 15 is 0 Å². The summed E-state index contributed by atoms with van der Waals surface area (Å²) in [5.74, 6) is 1.20. The molecule has 7 heteroatoms. The normalized spacial score (nSPS) is 13.0. The Bertz CT molecular complexity index is 651. The van der Waals surface area contributed by atoms with Gasteiger partial charge in [0.05, 0.1) is 12.1 Å². The third-order valence-electron chi connectivity index (χ3n) is 5.37. The quantitative estimate of drug-likeness (QED) is 0.218. The molecule has 1 rings (SSSR count). The second-order valence-electron chi connectivity index (χ2n) is 8.99. The lowest BCUT2D eigenvalue weighted by Gasteiger charge is -2.25. The van der Waals surface area contributed by atoms with Crippen molar-refractivity contribution in [2.75, 3.05) is 31.9 Å². The van der Waals surface area contributed by atoms with Crippen LogP contribution < -0.4 is 10.6 Å². The van der Waals surface area contributed by atoms with E-state index in [0.717, 1.165) is 43.8 Å². The van der Waals surface area contributed by atoms with Crippen LogP contribution in [-0.4, -0.2) is 65.9 Å². The summed E-state index contributed by atoms with van der Waals surface area (Å²) in [5, 5.41) is 17.1. The minimum atomic E-state index is -0.677. The predicted molar refractivity (Wildman–Crippen MR) is 138 cm³/mol. The average Bonchev–Trinajstić information content (AvgIpc) is 2.79. The Morgan fingerprint density at radius 2 is 1.73 bits per heavy atom. The lowest BCUT2D eigenvalue weighted by molar-refractivity contribution is -0.131. The minimum Gasteiger partial charge on any atom is -0.390 e. The summed E-state index contributed by atoms with van der Waals surface area (Å²) in [5.41, 5.74) is 0. The lowest BCUT2D eigenvalue weighted by Crippen LogP contribution is -2.49. The highest BCUT2D eigenvalue weighted by atomic mass is 32.2. The van der Waals surface area contributed by atoms with Crippen molar-refractivity contribution < 1.29 is 14.7 Å². The van der Waals surface area contributed by atoms with Crippen LogP contribution in [0.15, 0.2) is 35.2 Å². The number of carbonyl (C=O) groups excluding carboxylic acids is 2. The first kappa shape index (κ1) is 29.5. The number of rotatable bonds is 18. The molecule has 0 aromatic heterocycles. The molecular formula is C26H45N3O3S. The van der Waals surface area contributed by atoms with Crippen LogP contribution in [0.1, 0.15) is 66.2 Å². The predicted octanol–water partition coefficient (Wildman–Crippen LogP) is 4.08. The van der Waals surface area contributed by atoms with Crippen molar-refractivity contribution in [3.8, 4) is 0 Å². The zero-order valence-electron chi connectivity index (χ0n) is 21.0. The first-order valence-corrected chi connectivity index (χ1v) is 13.5. The molecular weight excluding hydrogens is 434 g/mol. The third kappa shape index (κ3) is 13.7. The molecule has 0 spiro atoms. The Balaban J connectivity index is 2.55. The summed E-state index contributed by atoms with van der Waals surface area (Å²) in [4.78, 5) is 28.0. The van der Waals surface area contributed by atoms with Gasteiger partial charge in [-0.05, 0) is 50.3 Å². The van der Waals surface area contributed by atoms with Gasteiger partial charge in [-0.3, -0.25) is 9.59 Å². The van der Waals surface area contributed by atoms with Gasteiger partial charge in [0, 0.05) is 43.1 Å². The fraction of sp³-hybridized carbons (Fsp3) is 0.692. The zero-order valence-corrected chi connectivity index (χ0v) is 21.8. The largest absolute Gasteiger partial charge is 0.390 e. The van der Waals surface area contributed by atoms with Crippen LogP contribution in [0.3, 0.4) is 0 Å². The maximum Gasteiger partial charge on any atom is 0.222 e. The van der Waals surface area contributed by atoms with Crippen molar-refractivity contribution >= 4 is 23.6 Å². The Morgan fingerprint density at radius 3 is 2.33 bits per heavy atom. The van der Waals surface area contributed by atoms with E-state index in [-0.39, 0.29) is 24.3 Å². The van der Waals surface area contributed by atoms with Gasteiger partial charge in [0.1, 0.15) is 0 Å². The molecule has 1 aromatic rings. The fourth-order valence-corrected chi connectivity index (χ4v) is 4.50. The van der Waals surface area contributed by atoms with Crippen molar-refractivity contribution in [1.82, 2.24) is 15.5 Å². The van der Waals surface area contributed by atoms with Crippen LogP contribution in [0.2, 0.25) is 0 Å². The van der Waals surface area contributed by atoms with Gasteiger partial charge in [-0.1, -0.05) is 45.9 Å². The summed E-state index contributed by atoms with van der Waals surface area (Å²) >= 11 is 1.62. The fourth-order valence-electron chi connectivity index (χ4n) is 3.47. The molecule has 0 aliphatic carbocycles. The molecule has 0 unspecified atom stereocenters. The van der Waals surface area contributed by atoms with E-state index in [1.54, 1.807) is 11.8 Å². The van der Waals surface area contributed by atoms with Crippen LogP contribution >= 0.6 is 11.8 Å². The molecule has 0 bridgehead atoms. The molecule has 0 saturated heterocycles. The standard InChI is InChI=1S/C26H45N3O3S/c1-5-17-29(18-6-2)26(32)14-10-13-25(31)28-23(20-33-22-11-8-7-9-12-22)24(30)19-27-16-15-21(3)4/h7-9,11-12,21,23-24,27,30H,5-6,10,13-20H2,1-4H3,(H,28,31)/t23-,24+/m0/s1. The summed E-state index contributed by atoms with van der Waals surface area (Å²) in [6.07, 6.45) is 3.45. The maximum absolute atomic E-state index is 12.6. The second kappa shape index (κ2) is 17.8. The monoisotopic (exact) mass is 479 g/mol. The summed E-state index contributed by atoms with van der Waals surface area (Å²) in [7, 11) is 0. The zero-order chi connectivity index (χ0) is 24.5. The Labute approximate surface area is 205 Å². The van der Waals surface area contributed by atoms with Gasteiger partial charge in [0.25, 0.3) is 0 Å². The first-order valence-electron chi connectivity index (χ1n) is 12.5. The molecule has 2 atom stereocenters. The summed E-state index contributed by atoms with van der Waals surface area (Å²) in [6, 6.07) is 9.64. The number of nitrogens with one attached hydrogen (secondary N) is 2. The molecule has 0 heterocycles. The number of benzene rings is 1. The van der Waals surface area contributed by atoms with E-state index < -0.39 is 6.10 Å². The first-order chi connectivity index (χ1) is 15.9. The molecule has 0 saturated carbocycles. The highest BCUT2D eigenvalue weighted by Crippen LogP contribution is 2.19. The number of thioether (sulfide) groups is 1. The molecule has 1 aromatic carbocycles. The van der Waals surface area contributed by atoms with Gasteiger partial charge in [-0.2, -0.15) is 0 Å². The number of aliphatic hydroxyl groups excluding tert-OH is 1. The number of hydrogen-bond acceptors (Lipinski definition) is 5. The molecule has 6 nitrogen and oxygen atoms in total. The van der Waals surface area contributed by atoms with Gasteiger partial charge in [-0.25, -0.2) is 0 Å². The minimum absolute atomic E-state index is 0.111. The Morgan fingerprint density at radius 1 is 1.06 bits per heavy atom. The topological polar surface area (TPSA) is 81.7 Å². The van der Waals surface area contributed by atoms with Gasteiger partial charge >= 0.3 is 0 Å². The Hall–Kier alpha value is -1.57. The van der Waals surface area contributed by atoms with Crippen molar-refractivity contribution in [3.63, 3.8) is 0 Å². The molecule has 2 amide bonds. The molecule has 33 heavy (non-hydrogen) atoms. The van der Waals surface area contributed by atoms with E-state index in [9.17, 15) is 14.7 Å². The third-order valence-corrected chi connectivity index (χ3v) is 6.50. The molecule has 0 radical (unpaired) electrons. The van der Waals surface area contributed by atoms with E-state index in [1.807, 2.05) is 35.2 Å². The number of hydrogen-bond donors (Lipinski definition) is 3. The van der Waals surface area contributed by atoms with Crippen LogP contribution in [0.4, 0.5) is 0 Å². The maximum atomic E-state index is 12.6. The van der Waals surface area contributed by atoms with E-state index in [2.05, 4.69) is 38.3 Å². The smallest absolute Gasteiger partial charge is 0.222 e. The van der Waals surface area contributed by atoms with Gasteiger partial charge in [0.15, 0.2) is 0 Å². The van der Waals surface area contributed by atoms with E-state index in [4.69, 9.17) is 0 Å². The highest BCUT2D eigenvalue weighted by Gasteiger charge is 2.22. The van der Waals surface area contributed by atoms with Crippen LogP contribution in [0, 0.1) is 5.92 Å². The van der Waals surface area contributed by atoms with Crippen molar-refractivity contribution in [2.45, 2.75) is 83.3 Å². The Kier molecular flexibility index (Phi) is 15.9. The SMILES string of the molecule is CCCN(CCC)C(=O)CCCC(=O)N[C@@H](CSc1ccccc1)[C@H](O)CNCCC(C)C. The van der Waals surface area contributed by atoms with Crippen LogP contribution in [-0.2, 0) is 9.59 Å². The summed E-state index contributed by atoms with van der Waals surface area (Å²) in [6.45, 7) is 11.3. The molecule has 0 aliphatic rings. The van der Waals surface area contributed by atoms with E-state index in [1.165, 1.54) is 0 Å². The van der Waals surface area contributed by atoms with Gasteiger partial charge in [-0.15, -0.1) is 11.8 Å². The molecule has 3 N–H and O–H groups in total. The van der Waals surface area contributed by atoms with Crippen LogP contribution in [0.5, 0.6) is 0 Å². The molecule has 0 fully saturated rings. The number of nitrogens with zero attached hydrogens (tertiary/aromatic N) is 1. The lowest BCUT2D eigenvalue weighted by atomic mass is 10.1. The highest BCUT2D eigenvalue weighted by molar-refractivity contribution is 7.99. The summed E-state index contributed by atoms with van der Waals surface area (Å²) < 4.78 is 0. The van der Waals surface area contributed by atoms with Crippen molar-refractivity contribution in [1.29, 1.82) is 0 Å². The van der Waals surface area contributed by atoms with E-state index in [0.29, 0.717) is 31.1 Å². The van der Waals surface area contributed by atoms with Gasteiger partial charge in [0.2, 0.25) is 11.8 Å². The van der Waals surface area contributed by atoms with Crippen LogP contribution in [0.25, 0.3) is 0 Å². The average molecular weight is 480 g/mol. The molecule has 0 aliphatic heterocycles. The number of carbonyl (C=O) groups is 2. The van der Waals surface area contributed by atoms with Crippen molar-refractivity contribution in [2.24, 2.45) is 5.92 Å². The number of aliphatic hydroxyl groups is 1. The van der Waals surface area contributed by atoms with Gasteiger partial charge < -0.3 is 20.6 Å². The molecule has 188 valence electrons. The van der Waals surface area contributed by atoms with Crippen molar-refractivity contribution in [3.05, 3.63) is 30.3 Å².